The van der Waals surface area contributed by atoms with Crippen LogP contribution in [-0.4, -0.2) is 56.2 Å². The third kappa shape index (κ3) is 5.96. The maximum atomic E-state index is 14.0. The minimum atomic E-state index is -0.763. The lowest BCUT2D eigenvalue weighted by atomic mass is 10.00. The minimum Gasteiger partial charge on any atom is -0.493 e. The molecule has 0 radical (unpaired) electrons. The fraction of sp³-hybridized carbons (Fsp3) is 0.500. The third-order valence-electron chi connectivity index (χ3n) is 6.97. The Kier molecular flexibility index (Phi) is 8.29. The molecule has 0 bridgehead atoms. The number of carbonyl (C=O) groups excluding carboxylic acids is 2. The van der Waals surface area contributed by atoms with E-state index < -0.39 is 6.04 Å². The molecule has 1 N–H and O–H groups in total. The lowest BCUT2D eigenvalue weighted by Gasteiger charge is -2.34. The summed E-state index contributed by atoms with van der Waals surface area (Å²) >= 11 is 0. The van der Waals surface area contributed by atoms with Gasteiger partial charge in [-0.1, -0.05) is 42.7 Å². The van der Waals surface area contributed by atoms with Crippen LogP contribution < -0.4 is 14.8 Å². The first-order chi connectivity index (χ1) is 17.0. The molecule has 2 aromatic rings. The third-order valence-corrected chi connectivity index (χ3v) is 6.97. The molecule has 7 nitrogen and oxygen atoms in total. The van der Waals surface area contributed by atoms with Crippen molar-refractivity contribution >= 4 is 11.8 Å². The molecule has 2 aliphatic rings. The topological polar surface area (TPSA) is 77.1 Å². The molecule has 1 saturated carbocycles. The molecule has 0 aromatic heterocycles. The zero-order valence-electron chi connectivity index (χ0n) is 20.9. The predicted octanol–water partition coefficient (Wildman–Crippen LogP) is 4.43. The van der Waals surface area contributed by atoms with Crippen molar-refractivity contribution in [1.29, 1.82) is 0 Å². The fourth-order valence-corrected chi connectivity index (χ4v) is 5.02. The quantitative estimate of drug-likeness (QED) is 0.574. The van der Waals surface area contributed by atoms with Crippen LogP contribution in [0.1, 0.15) is 66.1 Å². The van der Waals surface area contributed by atoms with Gasteiger partial charge in [0.25, 0.3) is 5.91 Å². The molecule has 0 unspecified atom stereocenters. The fourth-order valence-electron chi connectivity index (χ4n) is 5.02. The van der Waals surface area contributed by atoms with Gasteiger partial charge in [-0.25, -0.2) is 0 Å². The highest BCUT2D eigenvalue weighted by atomic mass is 16.5. The van der Waals surface area contributed by atoms with E-state index >= 15 is 0 Å². The van der Waals surface area contributed by atoms with Crippen molar-refractivity contribution < 1.29 is 23.8 Å². The summed E-state index contributed by atoms with van der Waals surface area (Å²) < 4.78 is 16.7. The number of benzene rings is 2. The van der Waals surface area contributed by atoms with Crippen LogP contribution in [0.25, 0.3) is 0 Å². The number of carbonyl (C=O) groups is 2. The highest BCUT2D eigenvalue weighted by Gasteiger charge is 2.36. The summed E-state index contributed by atoms with van der Waals surface area (Å²) in [6.07, 6.45) is 5.89. The second-order valence-corrected chi connectivity index (χ2v) is 9.47. The molecule has 188 valence electrons. The second kappa shape index (κ2) is 11.6. The molecule has 0 spiro atoms. The number of rotatable bonds is 9. The maximum absolute atomic E-state index is 14.0. The zero-order chi connectivity index (χ0) is 24.8. The van der Waals surface area contributed by atoms with Crippen molar-refractivity contribution in [1.82, 2.24) is 10.2 Å². The number of methoxy groups -OCH3 is 2. The number of aryl methyl sites for hydroxylation is 1. The van der Waals surface area contributed by atoms with E-state index in [1.165, 1.54) is 0 Å². The number of hydrogen-bond acceptors (Lipinski definition) is 5. The second-order valence-electron chi connectivity index (χ2n) is 9.47. The summed E-state index contributed by atoms with van der Waals surface area (Å²) in [5.41, 5.74) is 2.32. The molecule has 2 amide bonds. The predicted molar refractivity (Wildman–Crippen MR) is 134 cm³/mol. The number of hydrogen-bond donors (Lipinski definition) is 1. The van der Waals surface area contributed by atoms with Crippen LogP contribution in [0.2, 0.25) is 0 Å². The SMILES string of the molecule is COc1ccc(C(=O)N(C[C@H]2CCCO2)[C@H](C(=O)NC2CCCC2)c2ccc(C)cc2)cc1OC. The van der Waals surface area contributed by atoms with Crippen LogP contribution in [0.3, 0.4) is 0 Å². The lowest BCUT2D eigenvalue weighted by Crippen LogP contribution is -2.48. The van der Waals surface area contributed by atoms with Crippen LogP contribution in [0, 0.1) is 6.92 Å². The summed E-state index contributed by atoms with van der Waals surface area (Å²) in [5.74, 6) is 0.627. The molecular weight excluding hydrogens is 444 g/mol. The van der Waals surface area contributed by atoms with Crippen molar-refractivity contribution in [3.8, 4) is 11.5 Å². The summed E-state index contributed by atoms with van der Waals surface area (Å²) in [6, 6.07) is 12.3. The van der Waals surface area contributed by atoms with Crippen LogP contribution in [0.4, 0.5) is 0 Å². The van der Waals surface area contributed by atoms with E-state index in [-0.39, 0.29) is 24.0 Å². The lowest BCUT2D eigenvalue weighted by molar-refractivity contribution is -0.127. The molecule has 1 aliphatic heterocycles. The van der Waals surface area contributed by atoms with Gasteiger partial charge in [0.1, 0.15) is 6.04 Å². The molecule has 1 heterocycles. The van der Waals surface area contributed by atoms with Gasteiger partial charge in [0.2, 0.25) is 5.91 Å². The highest BCUT2D eigenvalue weighted by molar-refractivity contribution is 5.98. The highest BCUT2D eigenvalue weighted by Crippen LogP contribution is 2.31. The number of ether oxygens (including phenoxy) is 3. The van der Waals surface area contributed by atoms with E-state index in [0.717, 1.165) is 49.7 Å². The van der Waals surface area contributed by atoms with Crippen molar-refractivity contribution in [3.63, 3.8) is 0 Å². The van der Waals surface area contributed by atoms with Crippen LogP contribution in [0.15, 0.2) is 42.5 Å². The van der Waals surface area contributed by atoms with E-state index in [4.69, 9.17) is 14.2 Å². The first-order valence-corrected chi connectivity index (χ1v) is 12.5. The molecule has 35 heavy (non-hydrogen) atoms. The molecule has 2 aromatic carbocycles. The summed E-state index contributed by atoms with van der Waals surface area (Å²) in [6.45, 7) is 3.02. The molecular formula is C28H36N2O5. The Morgan fingerprint density at radius 3 is 2.34 bits per heavy atom. The van der Waals surface area contributed by atoms with Crippen molar-refractivity contribution in [2.24, 2.45) is 0 Å². The average molecular weight is 481 g/mol. The van der Waals surface area contributed by atoms with Gasteiger partial charge in [0.05, 0.1) is 20.3 Å². The Labute approximate surface area is 207 Å². The van der Waals surface area contributed by atoms with Gasteiger partial charge in [-0.05, 0) is 56.4 Å². The first-order valence-electron chi connectivity index (χ1n) is 12.5. The summed E-state index contributed by atoms with van der Waals surface area (Å²) in [5, 5.41) is 3.23. The first kappa shape index (κ1) is 25.0. The Hall–Kier alpha value is -3.06. The van der Waals surface area contributed by atoms with Gasteiger partial charge < -0.3 is 24.4 Å². The Morgan fingerprint density at radius 1 is 1.00 bits per heavy atom. The molecule has 1 aliphatic carbocycles. The normalized spacial score (nSPS) is 18.8. The van der Waals surface area contributed by atoms with Gasteiger partial charge in [-0.3, -0.25) is 9.59 Å². The number of nitrogens with zero attached hydrogens (tertiary/aromatic N) is 1. The van der Waals surface area contributed by atoms with Crippen molar-refractivity contribution in [2.45, 2.75) is 63.6 Å². The standard InChI is InChI=1S/C28H36N2O5/c1-19-10-12-20(13-11-19)26(27(31)29-22-7-4-5-8-22)30(18-23-9-6-16-35-23)28(32)21-14-15-24(33-2)25(17-21)34-3/h10-15,17,22-23,26H,4-9,16,18H2,1-3H3,(H,29,31)/t23-,26+/m1/s1. The van der Waals surface area contributed by atoms with E-state index in [1.807, 2.05) is 31.2 Å². The van der Waals surface area contributed by atoms with Crippen LogP contribution >= 0.6 is 0 Å². The maximum Gasteiger partial charge on any atom is 0.255 e. The van der Waals surface area contributed by atoms with Crippen molar-refractivity contribution in [2.75, 3.05) is 27.4 Å². The van der Waals surface area contributed by atoms with Gasteiger partial charge >= 0.3 is 0 Å². The van der Waals surface area contributed by atoms with Crippen LogP contribution in [0.5, 0.6) is 11.5 Å². The van der Waals surface area contributed by atoms with Crippen molar-refractivity contribution in [3.05, 3.63) is 59.2 Å². The molecule has 4 rings (SSSR count). The Bertz CT molecular complexity index is 1010. The van der Waals surface area contributed by atoms with Crippen LogP contribution in [-0.2, 0) is 9.53 Å². The number of nitrogens with one attached hydrogen (secondary N) is 1. The minimum absolute atomic E-state index is 0.105. The van der Waals surface area contributed by atoms with E-state index in [2.05, 4.69) is 5.32 Å². The smallest absolute Gasteiger partial charge is 0.255 e. The van der Waals surface area contributed by atoms with E-state index in [1.54, 1.807) is 37.3 Å². The molecule has 2 atom stereocenters. The van der Waals surface area contributed by atoms with E-state index in [0.29, 0.717) is 30.2 Å². The van der Waals surface area contributed by atoms with E-state index in [9.17, 15) is 9.59 Å². The molecule has 7 heteroatoms. The Balaban J connectivity index is 1.72. The van der Waals surface area contributed by atoms with Gasteiger partial charge in [0.15, 0.2) is 11.5 Å². The monoisotopic (exact) mass is 480 g/mol. The number of amides is 2. The van der Waals surface area contributed by atoms with Gasteiger partial charge in [0, 0.05) is 24.8 Å². The molecule has 2 fully saturated rings. The Morgan fingerprint density at radius 2 is 1.71 bits per heavy atom. The summed E-state index contributed by atoms with van der Waals surface area (Å²) in [7, 11) is 3.10. The largest absolute Gasteiger partial charge is 0.493 e. The van der Waals surface area contributed by atoms with Gasteiger partial charge in [-0.2, -0.15) is 0 Å². The average Bonchev–Trinajstić information content (AvgIpc) is 3.58. The summed E-state index contributed by atoms with van der Waals surface area (Å²) in [4.78, 5) is 29.5. The molecule has 1 saturated heterocycles. The van der Waals surface area contributed by atoms with Gasteiger partial charge in [-0.15, -0.1) is 0 Å². The zero-order valence-corrected chi connectivity index (χ0v) is 20.9.